The Bertz CT molecular complexity index is 726. The summed E-state index contributed by atoms with van der Waals surface area (Å²) in [6.07, 6.45) is 0.376. The molecule has 0 aromatic heterocycles. The Morgan fingerprint density at radius 2 is 2.00 bits per heavy atom. The summed E-state index contributed by atoms with van der Waals surface area (Å²) in [6, 6.07) is 2.49. The lowest BCUT2D eigenvalue weighted by molar-refractivity contribution is -0.146. The lowest BCUT2D eigenvalue weighted by atomic mass is 9.90. The Balaban J connectivity index is 1.80. The molecule has 0 spiro atoms. The van der Waals surface area contributed by atoms with Crippen molar-refractivity contribution in [1.82, 2.24) is 4.90 Å². The first-order valence-electron chi connectivity index (χ1n) is 8.42. The number of likely N-dealkylation sites (tertiary alicyclic amines) is 1. The van der Waals surface area contributed by atoms with Gasteiger partial charge in [0.1, 0.15) is 0 Å². The van der Waals surface area contributed by atoms with E-state index in [1.165, 1.54) is 11.0 Å². The summed E-state index contributed by atoms with van der Waals surface area (Å²) in [6.45, 7) is 3.95. The number of anilines is 2. The number of urea groups is 1. The fraction of sp³-hybridized carbons (Fsp3) is 0.529. The maximum atomic E-state index is 14.6. The van der Waals surface area contributed by atoms with Crippen LogP contribution in [-0.4, -0.2) is 61.4 Å². The summed E-state index contributed by atoms with van der Waals surface area (Å²) in [7, 11) is 0. The molecule has 0 radical (unpaired) electrons. The first-order chi connectivity index (χ1) is 12.3. The summed E-state index contributed by atoms with van der Waals surface area (Å²) in [5.41, 5.74) is -0.424. The van der Waals surface area contributed by atoms with E-state index in [0.29, 0.717) is 45.0 Å². The normalized spacial score (nSPS) is 23.2. The van der Waals surface area contributed by atoms with E-state index in [9.17, 15) is 19.1 Å². The lowest BCUT2D eigenvalue weighted by Crippen LogP contribution is -2.39. The number of carbonyl (C=O) groups excluding carboxylic acids is 1. The summed E-state index contributed by atoms with van der Waals surface area (Å²) >= 11 is 5.92. The number of hydrogen-bond donors (Lipinski definition) is 2. The molecule has 0 saturated carbocycles. The van der Waals surface area contributed by atoms with E-state index in [2.05, 4.69) is 5.32 Å². The van der Waals surface area contributed by atoms with Gasteiger partial charge in [-0.1, -0.05) is 11.6 Å². The van der Waals surface area contributed by atoms with Crippen LogP contribution in [0.2, 0.25) is 5.02 Å². The molecule has 2 amide bonds. The molecule has 0 bridgehead atoms. The predicted molar refractivity (Wildman–Crippen MR) is 95.4 cm³/mol. The second-order valence-corrected chi connectivity index (χ2v) is 7.23. The number of carboxylic acids is 1. The second-order valence-electron chi connectivity index (χ2n) is 6.82. The van der Waals surface area contributed by atoms with Crippen LogP contribution in [0.3, 0.4) is 0 Å². The van der Waals surface area contributed by atoms with Gasteiger partial charge >= 0.3 is 12.0 Å². The highest BCUT2D eigenvalue weighted by Gasteiger charge is 2.42. The highest BCUT2D eigenvalue weighted by atomic mass is 35.5. The lowest BCUT2D eigenvalue weighted by Gasteiger charge is -2.31. The van der Waals surface area contributed by atoms with E-state index < -0.39 is 23.2 Å². The highest BCUT2D eigenvalue weighted by Crippen LogP contribution is 2.35. The number of nitrogens with one attached hydrogen (secondary N) is 1. The van der Waals surface area contributed by atoms with Crippen LogP contribution >= 0.6 is 11.6 Å². The number of carboxylic acid groups (broad SMARTS) is 1. The number of morpholine rings is 1. The molecule has 2 fully saturated rings. The smallest absolute Gasteiger partial charge is 0.321 e. The number of carbonyl (C=O) groups is 2. The molecule has 2 heterocycles. The van der Waals surface area contributed by atoms with Crippen LogP contribution in [0.5, 0.6) is 0 Å². The quantitative estimate of drug-likeness (QED) is 0.835. The largest absolute Gasteiger partial charge is 0.481 e. The SMILES string of the molecule is CC1(C(=O)O)CCN(C(=O)Nc2ccc(Cl)c(F)c2N2CCOCC2)C1. The van der Waals surface area contributed by atoms with Gasteiger partial charge in [0.15, 0.2) is 5.82 Å². The maximum absolute atomic E-state index is 14.6. The topological polar surface area (TPSA) is 82.1 Å². The van der Waals surface area contributed by atoms with Gasteiger partial charge in [-0.05, 0) is 25.5 Å². The van der Waals surface area contributed by atoms with Crippen LogP contribution in [0.4, 0.5) is 20.6 Å². The van der Waals surface area contributed by atoms with Crippen molar-refractivity contribution in [3.63, 3.8) is 0 Å². The average Bonchev–Trinajstić information content (AvgIpc) is 3.03. The van der Waals surface area contributed by atoms with Crippen LogP contribution in [0.25, 0.3) is 0 Å². The molecular weight excluding hydrogens is 365 g/mol. The zero-order valence-corrected chi connectivity index (χ0v) is 15.2. The zero-order valence-electron chi connectivity index (χ0n) is 14.4. The van der Waals surface area contributed by atoms with Crippen LogP contribution in [0, 0.1) is 11.2 Å². The number of amides is 2. The van der Waals surface area contributed by atoms with Crippen molar-refractivity contribution in [2.75, 3.05) is 49.6 Å². The van der Waals surface area contributed by atoms with Gasteiger partial charge in [0.25, 0.3) is 0 Å². The van der Waals surface area contributed by atoms with Gasteiger partial charge < -0.3 is 25.0 Å². The van der Waals surface area contributed by atoms with Gasteiger partial charge in [0.2, 0.25) is 0 Å². The van der Waals surface area contributed by atoms with Crippen molar-refractivity contribution in [1.29, 1.82) is 0 Å². The summed E-state index contributed by atoms with van der Waals surface area (Å²) in [4.78, 5) is 27.1. The molecule has 2 aliphatic heterocycles. The summed E-state index contributed by atoms with van der Waals surface area (Å²) < 4.78 is 19.9. The molecule has 1 unspecified atom stereocenters. The Morgan fingerprint density at radius 3 is 2.62 bits per heavy atom. The van der Waals surface area contributed by atoms with E-state index in [0.717, 1.165) is 0 Å². The van der Waals surface area contributed by atoms with Crippen molar-refractivity contribution >= 4 is 35.0 Å². The number of hydrogen-bond acceptors (Lipinski definition) is 4. The number of ether oxygens (including phenoxy) is 1. The number of rotatable bonds is 3. The summed E-state index contributed by atoms with van der Waals surface area (Å²) in [5, 5.41) is 12.0. The molecule has 142 valence electrons. The van der Waals surface area contributed by atoms with Crippen molar-refractivity contribution < 1.29 is 23.8 Å². The summed E-state index contributed by atoms with van der Waals surface area (Å²) in [5.74, 6) is -1.53. The molecule has 9 heteroatoms. The van der Waals surface area contributed by atoms with Gasteiger partial charge in [0, 0.05) is 26.2 Å². The molecule has 1 atom stereocenters. The van der Waals surface area contributed by atoms with E-state index in [4.69, 9.17) is 16.3 Å². The van der Waals surface area contributed by atoms with Gasteiger partial charge in [-0.25, -0.2) is 9.18 Å². The molecular formula is C17H21ClFN3O4. The highest BCUT2D eigenvalue weighted by molar-refractivity contribution is 6.31. The standard InChI is InChI=1S/C17H21ClFN3O4/c1-17(15(23)24)4-5-22(10-17)16(25)20-12-3-2-11(18)13(19)14(12)21-6-8-26-9-7-21/h2-3H,4-10H2,1H3,(H,20,25)(H,23,24). The number of nitrogens with zero attached hydrogens (tertiary/aromatic N) is 2. The van der Waals surface area contributed by atoms with Crippen LogP contribution in [0.1, 0.15) is 13.3 Å². The minimum Gasteiger partial charge on any atom is -0.481 e. The average molecular weight is 386 g/mol. The molecule has 1 aromatic rings. The molecule has 3 rings (SSSR count). The second kappa shape index (κ2) is 7.28. The van der Waals surface area contributed by atoms with Crippen molar-refractivity contribution in [2.24, 2.45) is 5.41 Å². The molecule has 2 aliphatic rings. The van der Waals surface area contributed by atoms with Crippen molar-refractivity contribution in [3.05, 3.63) is 23.0 Å². The number of halogens is 2. The Kier molecular flexibility index (Phi) is 5.24. The van der Waals surface area contributed by atoms with E-state index >= 15 is 0 Å². The van der Waals surface area contributed by atoms with E-state index in [-0.39, 0.29) is 17.3 Å². The van der Waals surface area contributed by atoms with Gasteiger partial charge in [-0.2, -0.15) is 0 Å². The molecule has 2 N–H and O–H groups in total. The van der Waals surface area contributed by atoms with Gasteiger partial charge in [-0.15, -0.1) is 0 Å². The Morgan fingerprint density at radius 1 is 1.31 bits per heavy atom. The third-order valence-corrected chi connectivity index (χ3v) is 5.21. The number of benzene rings is 1. The monoisotopic (exact) mass is 385 g/mol. The fourth-order valence-electron chi connectivity index (χ4n) is 3.24. The minimum atomic E-state index is -0.963. The third kappa shape index (κ3) is 3.57. The molecule has 26 heavy (non-hydrogen) atoms. The predicted octanol–water partition coefficient (Wildman–Crippen LogP) is 2.64. The molecule has 1 aromatic carbocycles. The van der Waals surface area contributed by atoms with Gasteiger partial charge in [0.05, 0.1) is 35.0 Å². The van der Waals surface area contributed by atoms with E-state index in [1.54, 1.807) is 17.9 Å². The Hall–Kier alpha value is -2.06. The van der Waals surface area contributed by atoms with Crippen molar-refractivity contribution in [3.8, 4) is 0 Å². The molecule has 2 saturated heterocycles. The first-order valence-corrected chi connectivity index (χ1v) is 8.80. The maximum Gasteiger partial charge on any atom is 0.321 e. The minimum absolute atomic E-state index is 0.0240. The van der Waals surface area contributed by atoms with Gasteiger partial charge in [-0.3, -0.25) is 4.79 Å². The van der Waals surface area contributed by atoms with Crippen LogP contribution in [0.15, 0.2) is 12.1 Å². The third-order valence-electron chi connectivity index (χ3n) is 4.91. The van der Waals surface area contributed by atoms with Crippen LogP contribution in [-0.2, 0) is 9.53 Å². The number of aliphatic carboxylic acids is 1. The Labute approximate surface area is 155 Å². The first kappa shape index (κ1) is 18.7. The zero-order chi connectivity index (χ0) is 18.9. The van der Waals surface area contributed by atoms with E-state index in [1.807, 2.05) is 0 Å². The van der Waals surface area contributed by atoms with Crippen LogP contribution < -0.4 is 10.2 Å². The molecule has 7 nitrogen and oxygen atoms in total. The molecule has 0 aliphatic carbocycles. The van der Waals surface area contributed by atoms with Crippen molar-refractivity contribution in [2.45, 2.75) is 13.3 Å². The fourth-order valence-corrected chi connectivity index (χ4v) is 3.39.